The zero-order chi connectivity index (χ0) is 38.2. The summed E-state index contributed by atoms with van der Waals surface area (Å²) in [6.07, 6.45) is 10.5. The number of hydrogen-bond acceptors (Lipinski definition) is 5. The Balaban J connectivity index is 1.30. The van der Waals surface area contributed by atoms with Crippen LogP contribution in [-0.4, -0.2) is 57.2 Å². The smallest absolute Gasteiger partial charge is 0.220 e. The highest BCUT2D eigenvalue weighted by molar-refractivity contribution is 5.76. The van der Waals surface area contributed by atoms with Crippen molar-refractivity contribution in [1.29, 1.82) is 0 Å². The van der Waals surface area contributed by atoms with Gasteiger partial charge in [0.1, 0.15) is 5.82 Å². The molecule has 0 aromatic heterocycles. The molecule has 0 fully saturated rings. The summed E-state index contributed by atoms with van der Waals surface area (Å²) in [7, 11) is 3.45. The summed E-state index contributed by atoms with van der Waals surface area (Å²) in [4.78, 5) is 15.6. The fourth-order valence-corrected chi connectivity index (χ4v) is 8.30. The van der Waals surface area contributed by atoms with E-state index in [9.17, 15) is 9.18 Å². The van der Waals surface area contributed by atoms with Gasteiger partial charge in [-0.2, -0.15) is 0 Å². The monoisotopic (exact) mass is 735 g/mol. The Bertz CT molecular complexity index is 1660. The largest absolute Gasteiger partial charge is 0.493 e. The molecule has 4 aromatic carbocycles. The quantitative estimate of drug-likeness (QED) is 0.0788. The minimum Gasteiger partial charge on any atom is -0.493 e. The van der Waals surface area contributed by atoms with Crippen LogP contribution in [0.1, 0.15) is 105 Å². The van der Waals surface area contributed by atoms with Crippen LogP contribution in [-0.2, 0) is 23.1 Å². The Morgan fingerprint density at radius 3 is 2.11 bits per heavy atom. The van der Waals surface area contributed by atoms with Gasteiger partial charge in [-0.3, -0.25) is 9.69 Å². The first kappa shape index (κ1) is 41.0. The van der Waals surface area contributed by atoms with Crippen molar-refractivity contribution in [3.05, 3.63) is 131 Å². The lowest BCUT2D eigenvalue weighted by molar-refractivity contribution is -0.121. The number of nitrogens with one attached hydrogen (secondary N) is 2. The number of unbranched alkanes of at least 4 members (excludes halogenated alkanes) is 2. The molecule has 1 aliphatic rings. The third kappa shape index (κ3) is 11.4. The maximum Gasteiger partial charge on any atom is 0.220 e. The molecule has 0 saturated heterocycles. The first-order valence-corrected chi connectivity index (χ1v) is 20.2. The van der Waals surface area contributed by atoms with E-state index in [0.717, 1.165) is 75.2 Å². The van der Waals surface area contributed by atoms with Crippen LogP contribution in [0.2, 0.25) is 0 Å². The van der Waals surface area contributed by atoms with Crippen molar-refractivity contribution in [1.82, 2.24) is 15.5 Å². The Morgan fingerprint density at radius 1 is 0.815 bits per heavy atom. The van der Waals surface area contributed by atoms with Crippen LogP contribution in [0.3, 0.4) is 0 Å². The van der Waals surface area contributed by atoms with Gasteiger partial charge in [0, 0.05) is 37.0 Å². The van der Waals surface area contributed by atoms with Crippen molar-refractivity contribution in [3.8, 4) is 11.5 Å². The van der Waals surface area contributed by atoms with Crippen LogP contribution in [0.15, 0.2) is 97.1 Å². The van der Waals surface area contributed by atoms with Crippen molar-refractivity contribution in [2.45, 2.75) is 102 Å². The molecule has 2 N–H and O–H groups in total. The van der Waals surface area contributed by atoms with Gasteiger partial charge in [0.05, 0.1) is 14.2 Å². The lowest BCUT2D eigenvalue weighted by atomic mass is 9.68. The number of carbonyl (C=O) groups excluding carboxylic acids is 1. The van der Waals surface area contributed by atoms with E-state index in [1.165, 1.54) is 53.6 Å². The van der Waals surface area contributed by atoms with Gasteiger partial charge in [-0.05, 0) is 117 Å². The van der Waals surface area contributed by atoms with Crippen LogP contribution < -0.4 is 20.1 Å². The molecule has 0 aliphatic carbocycles. The van der Waals surface area contributed by atoms with Crippen molar-refractivity contribution in [2.24, 2.45) is 0 Å². The second kappa shape index (κ2) is 21.0. The number of hydrogen-bond donors (Lipinski definition) is 2. The molecule has 4 aromatic rings. The zero-order valence-electron chi connectivity index (χ0n) is 33.0. The van der Waals surface area contributed by atoms with Crippen molar-refractivity contribution >= 4 is 5.91 Å². The highest BCUT2D eigenvalue weighted by Crippen LogP contribution is 2.43. The van der Waals surface area contributed by atoms with E-state index < -0.39 is 0 Å². The molecule has 54 heavy (non-hydrogen) atoms. The van der Waals surface area contributed by atoms with Gasteiger partial charge >= 0.3 is 0 Å². The Hall–Kier alpha value is -4.20. The number of methoxy groups -OCH3 is 2. The molecule has 7 heteroatoms. The summed E-state index contributed by atoms with van der Waals surface area (Å²) >= 11 is 0. The number of amides is 1. The minimum absolute atomic E-state index is 0.0335. The fourth-order valence-electron chi connectivity index (χ4n) is 8.30. The third-order valence-corrected chi connectivity index (χ3v) is 11.2. The summed E-state index contributed by atoms with van der Waals surface area (Å²) < 4.78 is 24.8. The van der Waals surface area contributed by atoms with Crippen LogP contribution in [0.25, 0.3) is 0 Å². The molecule has 0 radical (unpaired) electrons. The minimum atomic E-state index is -0.257. The van der Waals surface area contributed by atoms with E-state index in [1.54, 1.807) is 26.4 Å². The molecule has 290 valence electrons. The zero-order valence-corrected chi connectivity index (χ0v) is 33.0. The second-order valence-corrected chi connectivity index (χ2v) is 15.2. The van der Waals surface area contributed by atoms with Crippen LogP contribution in [0.4, 0.5) is 4.39 Å². The SMILES string of the molecule is COc1cc2c(cc1OC)C(CCCCCNC(C)C)N(CCCC(CCCNC(=O)CCc1ccc(F)cc1)(c1ccccc1)c1ccccc1)CC2. The van der Waals surface area contributed by atoms with Crippen molar-refractivity contribution in [2.75, 3.05) is 40.4 Å². The number of carbonyl (C=O) groups is 1. The first-order valence-electron chi connectivity index (χ1n) is 20.2. The Kier molecular flexibility index (Phi) is 16.0. The summed E-state index contributed by atoms with van der Waals surface area (Å²) in [5, 5.41) is 6.74. The molecule has 5 rings (SSSR count). The maximum atomic E-state index is 13.3. The third-order valence-electron chi connectivity index (χ3n) is 11.2. The predicted molar refractivity (Wildman–Crippen MR) is 219 cm³/mol. The molecule has 0 saturated carbocycles. The highest BCUT2D eigenvalue weighted by Gasteiger charge is 2.35. The standard InChI is InChI=1S/C47H62FN3O3/c1-36(2)49-30-13-7-12-20-43-42-35-45(54-4)44(53-3)34-38(42)27-33-51(43)32-15-29-47(39-16-8-5-9-17-39,40-18-10-6-11-19-40)28-14-31-50-46(52)26-23-37-21-24-41(48)25-22-37/h5-6,8-11,16-19,21-22,24-25,34-36,43,49H,7,12-15,20,23,26-33H2,1-4H3,(H,50,52). The normalized spacial score (nSPS) is 14.5. The number of halogens is 1. The Morgan fingerprint density at radius 2 is 1.46 bits per heavy atom. The number of aryl methyl sites for hydroxylation is 1. The molecule has 1 amide bonds. The average molecular weight is 736 g/mol. The molecule has 1 aliphatic heterocycles. The molecule has 6 nitrogen and oxygen atoms in total. The molecule has 1 unspecified atom stereocenters. The van der Waals surface area contributed by atoms with Crippen molar-refractivity contribution in [3.63, 3.8) is 0 Å². The maximum absolute atomic E-state index is 13.3. The van der Waals surface area contributed by atoms with Crippen LogP contribution >= 0.6 is 0 Å². The molecule has 1 heterocycles. The highest BCUT2D eigenvalue weighted by atomic mass is 19.1. The van der Waals surface area contributed by atoms with Gasteiger partial charge in [0.15, 0.2) is 11.5 Å². The second-order valence-electron chi connectivity index (χ2n) is 15.2. The molecule has 1 atom stereocenters. The molecule has 0 spiro atoms. The van der Waals surface area contributed by atoms with E-state index in [2.05, 4.69) is 102 Å². The summed E-state index contributed by atoms with van der Waals surface area (Å²) in [6.45, 7) is 8.13. The van der Waals surface area contributed by atoms with E-state index in [4.69, 9.17) is 9.47 Å². The van der Waals surface area contributed by atoms with E-state index in [0.29, 0.717) is 31.5 Å². The summed E-state index contributed by atoms with van der Waals surface area (Å²) in [6, 6.07) is 33.6. The van der Waals surface area contributed by atoms with Gasteiger partial charge in [-0.15, -0.1) is 0 Å². The van der Waals surface area contributed by atoms with Gasteiger partial charge in [-0.25, -0.2) is 4.39 Å². The molecular weight excluding hydrogens is 674 g/mol. The van der Waals surface area contributed by atoms with E-state index in [-0.39, 0.29) is 17.1 Å². The van der Waals surface area contributed by atoms with Gasteiger partial charge < -0.3 is 20.1 Å². The topological polar surface area (TPSA) is 62.8 Å². The van der Waals surface area contributed by atoms with Gasteiger partial charge in [0.25, 0.3) is 0 Å². The fraction of sp³-hybridized carbons (Fsp3) is 0.468. The van der Waals surface area contributed by atoms with Crippen LogP contribution in [0.5, 0.6) is 11.5 Å². The Labute approximate surface area is 323 Å². The summed E-state index contributed by atoms with van der Waals surface area (Å²) in [5.41, 5.74) is 6.18. The number of nitrogens with zero attached hydrogens (tertiary/aromatic N) is 1. The molecular formula is C47H62FN3O3. The number of rotatable bonds is 22. The lowest BCUT2D eigenvalue weighted by Gasteiger charge is -2.40. The van der Waals surface area contributed by atoms with Gasteiger partial charge in [0.2, 0.25) is 5.91 Å². The lowest BCUT2D eigenvalue weighted by Crippen LogP contribution is -2.37. The van der Waals surface area contributed by atoms with E-state index >= 15 is 0 Å². The summed E-state index contributed by atoms with van der Waals surface area (Å²) in [5.74, 6) is 1.39. The number of benzene rings is 4. The van der Waals surface area contributed by atoms with Gasteiger partial charge in [-0.1, -0.05) is 99.5 Å². The first-order chi connectivity index (χ1) is 26.3. The molecule has 0 bridgehead atoms. The van der Waals surface area contributed by atoms with Crippen molar-refractivity contribution < 1.29 is 18.7 Å². The van der Waals surface area contributed by atoms with E-state index in [1.807, 2.05) is 0 Å². The van der Waals surface area contributed by atoms with Crippen LogP contribution in [0, 0.1) is 5.82 Å². The number of ether oxygens (including phenoxy) is 2. The number of fused-ring (bicyclic) bond motifs is 1. The predicted octanol–water partition coefficient (Wildman–Crippen LogP) is 9.60. The average Bonchev–Trinajstić information content (AvgIpc) is 3.20.